The van der Waals surface area contributed by atoms with Crippen LogP contribution in [0.15, 0.2) is 91.0 Å². The first-order chi connectivity index (χ1) is 36.4. The first-order valence-corrected chi connectivity index (χ1v) is 30.8. The quantitative estimate of drug-likeness (QED) is 0.163. The van der Waals surface area contributed by atoms with Crippen molar-refractivity contribution < 1.29 is 0 Å². The third-order valence-corrected chi connectivity index (χ3v) is 22.8. The van der Waals surface area contributed by atoms with Crippen LogP contribution in [-0.2, 0) is 58.2 Å². The molecule has 14 rings (SSSR count). The molecule has 3 aliphatic heterocycles. The van der Waals surface area contributed by atoms with Crippen molar-refractivity contribution in [2.45, 2.75) is 233 Å². The van der Waals surface area contributed by atoms with E-state index in [-0.39, 0.29) is 55.6 Å². The van der Waals surface area contributed by atoms with E-state index in [1.54, 1.807) is 16.7 Å². The largest absolute Gasteiger partial charge is 0.334 e. The maximum absolute atomic E-state index is 2.90. The number of nitrogens with zero attached hydrogens (tertiary/aromatic N) is 3. The van der Waals surface area contributed by atoms with Gasteiger partial charge in [-0.3, -0.25) is 0 Å². The summed E-state index contributed by atoms with van der Waals surface area (Å²) in [5.74, 6) is 0. The molecular weight excluding hydrogens is 942 g/mol. The normalized spacial score (nSPS) is 25.5. The van der Waals surface area contributed by atoms with Crippen LogP contribution in [0.1, 0.15) is 225 Å². The summed E-state index contributed by atoms with van der Waals surface area (Å²) in [4.78, 5) is 8.51. The molecule has 8 aliphatic rings. The third-order valence-electron chi connectivity index (χ3n) is 22.8. The maximum Gasteiger partial charge on any atom is 0.252 e. The molecule has 404 valence electrons. The van der Waals surface area contributed by atoms with Crippen LogP contribution >= 0.6 is 0 Å². The standard InChI is InChI=1S/C74H90BN3/c1-66(2,3)49-21-25-60-57(35-49)73(16)26-18-19-27-74(73,17)78(60)52-37-63-65-64(38-52)77(51-23-24-53-54(36-51)70(10,11)29-28-69(53,8)9)62-40-56-55(71(12,13)30-31-72(56,14)15)39-59(62)75(65)58-33-47-43-68(6,7)44-48(47)34-61(58)76(63)50-22-20-45-41-67(4,5)42-46(45)32-50/h20-25,32-40H,18-19,26-31,41-44H2,1-17H3. The number of hydrogen-bond donors (Lipinski definition) is 0. The summed E-state index contributed by atoms with van der Waals surface area (Å²) in [5.41, 5.74) is 31.1. The predicted octanol–water partition coefficient (Wildman–Crippen LogP) is 17.8. The van der Waals surface area contributed by atoms with Crippen molar-refractivity contribution in [2.75, 3.05) is 14.7 Å². The molecule has 0 saturated heterocycles. The second-order valence-corrected chi connectivity index (χ2v) is 32.5. The van der Waals surface area contributed by atoms with Crippen molar-refractivity contribution in [1.82, 2.24) is 0 Å². The zero-order valence-corrected chi connectivity index (χ0v) is 51.1. The third kappa shape index (κ3) is 7.14. The Bertz CT molecular complexity index is 3590. The Balaban J connectivity index is 1.13. The first-order valence-electron chi connectivity index (χ1n) is 30.8. The van der Waals surface area contributed by atoms with E-state index in [9.17, 15) is 0 Å². The van der Waals surface area contributed by atoms with Crippen LogP contribution < -0.4 is 31.1 Å². The second kappa shape index (κ2) is 15.8. The molecule has 0 N–H and O–H groups in total. The van der Waals surface area contributed by atoms with E-state index in [2.05, 4.69) is 223 Å². The number of fused-ring (bicyclic) bond motifs is 11. The fraction of sp³-hybridized carbons (Fsp3) is 0.514. The van der Waals surface area contributed by atoms with E-state index in [1.165, 1.54) is 146 Å². The Hall–Kier alpha value is -5.22. The highest BCUT2D eigenvalue weighted by Gasteiger charge is 2.59. The molecule has 78 heavy (non-hydrogen) atoms. The van der Waals surface area contributed by atoms with Gasteiger partial charge in [-0.25, -0.2) is 0 Å². The van der Waals surface area contributed by atoms with Crippen molar-refractivity contribution in [1.29, 1.82) is 0 Å². The van der Waals surface area contributed by atoms with Crippen LogP contribution in [0.3, 0.4) is 0 Å². The minimum Gasteiger partial charge on any atom is -0.334 e. The Morgan fingerprint density at radius 1 is 0.385 bits per heavy atom. The molecule has 2 unspecified atom stereocenters. The lowest BCUT2D eigenvalue weighted by Crippen LogP contribution is -2.62. The summed E-state index contributed by atoms with van der Waals surface area (Å²) < 4.78 is 0. The smallest absolute Gasteiger partial charge is 0.252 e. The van der Waals surface area contributed by atoms with Gasteiger partial charge in [0.2, 0.25) is 0 Å². The van der Waals surface area contributed by atoms with Gasteiger partial charge in [-0.1, -0.05) is 160 Å². The number of anilines is 8. The zero-order valence-electron chi connectivity index (χ0n) is 51.1. The predicted molar refractivity (Wildman–Crippen MR) is 335 cm³/mol. The molecule has 0 amide bonds. The summed E-state index contributed by atoms with van der Waals surface area (Å²) in [6.07, 6.45) is 14.1. The average Bonchev–Trinajstić information content (AvgIpc) is 4.10. The van der Waals surface area contributed by atoms with Gasteiger partial charge in [-0.2, -0.15) is 0 Å². The fourth-order valence-corrected chi connectivity index (χ4v) is 17.8. The van der Waals surface area contributed by atoms with E-state index in [0.29, 0.717) is 0 Å². The molecule has 0 aromatic heterocycles. The number of hydrogen-bond acceptors (Lipinski definition) is 3. The van der Waals surface area contributed by atoms with E-state index in [4.69, 9.17) is 0 Å². The number of benzene rings is 6. The highest BCUT2D eigenvalue weighted by Crippen LogP contribution is 2.63. The summed E-state index contributed by atoms with van der Waals surface area (Å²) in [5, 5.41) is 0. The fourth-order valence-electron chi connectivity index (χ4n) is 17.8. The molecular formula is C74H90BN3. The number of rotatable bonds is 3. The molecule has 3 heterocycles. The van der Waals surface area contributed by atoms with Gasteiger partial charge in [0.05, 0.1) is 5.54 Å². The highest BCUT2D eigenvalue weighted by atomic mass is 15.3. The molecule has 1 fully saturated rings. The van der Waals surface area contributed by atoms with Crippen molar-refractivity contribution >= 4 is 68.6 Å². The van der Waals surface area contributed by atoms with Gasteiger partial charge in [0.1, 0.15) is 0 Å². The summed E-state index contributed by atoms with van der Waals surface area (Å²) >= 11 is 0. The van der Waals surface area contributed by atoms with Crippen molar-refractivity contribution in [3.63, 3.8) is 0 Å². The van der Waals surface area contributed by atoms with Gasteiger partial charge in [0.15, 0.2) is 0 Å². The van der Waals surface area contributed by atoms with Crippen LogP contribution in [-0.4, -0.2) is 12.3 Å². The molecule has 6 aromatic rings. The van der Waals surface area contributed by atoms with E-state index in [0.717, 1.165) is 32.1 Å². The zero-order chi connectivity index (χ0) is 55.0. The molecule has 3 nitrogen and oxygen atoms in total. The van der Waals surface area contributed by atoms with Crippen molar-refractivity contribution in [3.8, 4) is 0 Å². The van der Waals surface area contributed by atoms with Crippen LogP contribution in [0, 0.1) is 10.8 Å². The molecule has 4 heteroatoms. The topological polar surface area (TPSA) is 9.72 Å². The lowest BCUT2D eigenvalue weighted by atomic mass is 9.33. The van der Waals surface area contributed by atoms with Crippen LogP contribution in [0.25, 0.3) is 0 Å². The van der Waals surface area contributed by atoms with Gasteiger partial charge in [0.25, 0.3) is 6.71 Å². The highest BCUT2D eigenvalue weighted by molar-refractivity contribution is 7.00. The molecule has 0 bridgehead atoms. The average molecular weight is 1030 g/mol. The molecule has 1 saturated carbocycles. The molecule has 6 aromatic carbocycles. The Kier molecular flexibility index (Phi) is 10.3. The summed E-state index contributed by atoms with van der Waals surface area (Å²) in [6, 6.07) is 39.4. The molecule has 0 spiro atoms. The Labute approximate surface area is 471 Å². The van der Waals surface area contributed by atoms with E-state index in [1.807, 2.05) is 0 Å². The van der Waals surface area contributed by atoms with Crippen molar-refractivity contribution in [2.24, 2.45) is 10.8 Å². The van der Waals surface area contributed by atoms with Crippen molar-refractivity contribution in [3.05, 3.63) is 147 Å². The maximum atomic E-state index is 2.90. The Morgan fingerprint density at radius 3 is 1.51 bits per heavy atom. The van der Waals surface area contributed by atoms with Gasteiger partial charge in [-0.05, 0) is 236 Å². The van der Waals surface area contributed by atoms with Crippen LogP contribution in [0.2, 0.25) is 0 Å². The van der Waals surface area contributed by atoms with E-state index >= 15 is 0 Å². The van der Waals surface area contributed by atoms with E-state index < -0.39 is 0 Å². The van der Waals surface area contributed by atoms with Crippen LogP contribution in [0.4, 0.5) is 45.5 Å². The monoisotopic (exact) mass is 1030 g/mol. The lowest BCUT2D eigenvalue weighted by molar-refractivity contribution is 0.195. The Morgan fingerprint density at radius 2 is 0.885 bits per heavy atom. The van der Waals surface area contributed by atoms with Gasteiger partial charge < -0.3 is 14.7 Å². The van der Waals surface area contributed by atoms with Gasteiger partial charge in [0, 0.05) is 50.9 Å². The minimum atomic E-state index is -0.124. The second-order valence-electron chi connectivity index (χ2n) is 32.5. The lowest BCUT2D eigenvalue weighted by Gasteiger charge is -2.51. The van der Waals surface area contributed by atoms with Gasteiger partial charge in [-0.15, -0.1) is 0 Å². The van der Waals surface area contributed by atoms with Gasteiger partial charge >= 0.3 is 0 Å². The molecule has 5 aliphatic carbocycles. The SMILES string of the molecule is CC1(C)Cc2ccc(N3c4cc5c(cc4B4c6cc7c(cc6N(c6ccc8c(c6)C(C)(C)CCC8(C)C)c6cc(N8c9ccc(C(C)(C)C)cc9C9(C)CCCCC89C)cc3c64)C(C)(C)CCC7(C)C)CC(C)(C)C5)cc2C1. The molecule has 2 atom stereocenters. The minimum absolute atomic E-state index is 0.00937. The summed E-state index contributed by atoms with van der Waals surface area (Å²) in [6.45, 7) is 42.6. The first kappa shape index (κ1) is 51.0. The summed E-state index contributed by atoms with van der Waals surface area (Å²) in [7, 11) is 0. The molecule has 0 radical (unpaired) electrons. The van der Waals surface area contributed by atoms with Crippen LogP contribution in [0.5, 0.6) is 0 Å².